The highest BCUT2D eigenvalue weighted by atomic mass is 16.3. The van der Waals surface area contributed by atoms with Crippen molar-refractivity contribution in [1.82, 2.24) is 24.5 Å². The summed E-state index contributed by atoms with van der Waals surface area (Å²) in [4.78, 5) is 18.9. The Hall–Kier alpha value is -2.26. The van der Waals surface area contributed by atoms with E-state index in [2.05, 4.69) is 32.3 Å². The van der Waals surface area contributed by atoms with Gasteiger partial charge in [0.15, 0.2) is 0 Å². The second-order valence-electron chi connectivity index (χ2n) is 5.08. The van der Waals surface area contributed by atoms with Crippen molar-refractivity contribution in [1.29, 1.82) is 0 Å². The van der Waals surface area contributed by atoms with Crippen LogP contribution < -0.4 is 16.2 Å². The van der Waals surface area contributed by atoms with Gasteiger partial charge in [0.05, 0.1) is 12.6 Å². The maximum absolute atomic E-state index is 9.58. The van der Waals surface area contributed by atoms with E-state index in [0.29, 0.717) is 17.8 Å². The molecule has 4 N–H and O–H groups in total. The lowest BCUT2D eigenvalue weighted by atomic mass is 10.0. The van der Waals surface area contributed by atoms with Crippen LogP contribution in [-0.2, 0) is 0 Å². The zero-order chi connectivity index (χ0) is 14.8. The maximum atomic E-state index is 9.58. The molecular formula is C12H18N8O. The van der Waals surface area contributed by atoms with E-state index in [4.69, 9.17) is 5.84 Å². The number of aromatic nitrogens is 5. The first-order valence-electron chi connectivity index (χ1n) is 6.81. The number of nitrogens with zero attached hydrogens (tertiary/aromatic N) is 6. The normalized spacial score (nSPS) is 21.8. The first-order chi connectivity index (χ1) is 10.2. The lowest BCUT2D eigenvalue weighted by molar-refractivity contribution is 0.244. The Morgan fingerprint density at radius 1 is 1.38 bits per heavy atom. The molecule has 3 rings (SSSR count). The number of hydrazine groups is 1. The molecule has 9 nitrogen and oxygen atoms in total. The number of hydrogen-bond donors (Lipinski definition) is 3. The van der Waals surface area contributed by atoms with Gasteiger partial charge in [-0.15, -0.1) is 0 Å². The fourth-order valence-corrected chi connectivity index (χ4v) is 2.57. The topological polar surface area (TPSA) is 118 Å². The molecule has 2 aromatic rings. The van der Waals surface area contributed by atoms with Gasteiger partial charge in [-0.1, -0.05) is 6.92 Å². The highest BCUT2D eigenvalue weighted by Crippen LogP contribution is 2.27. The summed E-state index contributed by atoms with van der Waals surface area (Å²) in [5.74, 6) is 7.04. The Balaban J connectivity index is 2.00. The predicted molar refractivity (Wildman–Crippen MR) is 76.8 cm³/mol. The fourth-order valence-electron chi connectivity index (χ4n) is 2.57. The largest absolute Gasteiger partial charge is 0.394 e. The fraction of sp³-hybridized carbons (Fsp3) is 0.500. The summed E-state index contributed by atoms with van der Waals surface area (Å²) in [7, 11) is 0. The number of nitrogens with one attached hydrogen (secondary N) is 1. The standard InChI is InChI=1S/C12H18N8O/c1-8-2-4-20(9(8)6-21)12-16-10(18-13)15-11(17-12)19-5-3-14-7-19/h3,5,7-9,21H,2,4,6,13H2,1H3,(H,15,16,17,18). The molecule has 0 radical (unpaired) electrons. The number of hydrogen-bond acceptors (Lipinski definition) is 8. The van der Waals surface area contributed by atoms with Crippen LogP contribution in [0.2, 0.25) is 0 Å². The third-order valence-corrected chi connectivity index (χ3v) is 3.80. The first kappa shape index (κ1) is 13.7. The molecule has 1 aliphatic rings. The number of aliphatic hydroxyl groups is 1. The van der Waals surface area contributed by atoms with Crippen LogP contribution in [0.4, 0.5) is 11.9 Å². The summed E-state index contributed by atoms with van der Waals surface area (Å²) >= 11 is 0. The van der Waals surface area contributed by atoms with Crippen LogP contribution in [0.5, 0.6) is 0 Å². The molecule has 0 aromatic carbocycles. The Labute approximate surface area is 121 Å². The van der Waals surface area contributed by atoms with E-state index >= 15 is 0 Å². The molecule has 0 bridgehead atoms. The lowest BCUT2D eigenvalue weighted by Gasteiger charge is -2.25. The molecule has 112 valence electrons. The second-order valence-corrected chi connectivity index (χ2v) is 5.08. The maximum Gasteiger partial charge on any atom is 0.243 e. The summed E-state index contributed by atoms with van der Waals surface area (Å²) < 4.78 is 1.68. The van der Waals surface area contributed by atoms with Gasteiger partial charge in [0, 0.05) is 18.9 Å². The average molecular weight is 290 g/mol. The Morgan fingerprint density at radius 2 is 2.19 bits per heavy atom. The molecule has 2 unspecified atom stereocenters. The molecule has 21 heavy (non-hydrogen) atoms. The van der Waals surface area contributed by atoms with Crippen LogP contribution in [0.25, 0.3) is 5.95 Å². The third-order valence-electron chi connectivity index (χ3n) is 3.80. The number of rotatable bonds is 4. The van der Waals surface area contributed by atoms with Crippen LogP contribution in [0.3, 0.4) is 0 Å². The Kier molecular flexibility index (Phi) is 3.67. The number of nitrogen functional groups attached to an aromatic ring is 1. The van der Waals surface area contributed by atoms with Crippen molar-refractivity contribution >= 4 is 11.9 Å². The van der Waals surface area contributed by atoms with E-state index in [0.717, 1.165) is 13.0 Å². The number of anilines is 2. The zero-order valence-electron chi connectivity index (χ0n) is 11.7. The van der Waals surface area contributed by atoms with Gasteiger partial charge in [0.1, 0.15) is 6.33 Å². The molecule has 0 spiro atoms. The van der Waals surface area contributed by atoms with Crippen LogP contribution in [-0.4, -0.2) is 48.8 Å². The second kappa shape index (κ2) is 5.62. The summed E-state index contributed by atoms with van der Waals surface area (Å²) in [5.41, 5.74) is 2.45. The highest BCUT2D eigenvalue weighted by Gasteiger charge is 2.32. The molecule has 1 saturated heterocycles. The monoisotopic (exact) mass is 290 g/mol. The summed E-state index contributed by atoms with van der Waals surface area (Å²) in [6, 6.07) is 0.00802. The van der Waals surface area contributed by atoms with Crippen molar-refractivity contribution in [3.05, 3.63) is 18.7 Å². The van der Waals surface area contributed by atoms with Crippen molar-refractivity contribution in [2.75, 3.05) is 23.5 Å². The average Bonchev–Trinajstić information content (AvgIpc) is 3.16. The molecule has 0 aliphatic carbocycles. The van der Waals surface area contributed by atoms with Crippen molar-refractivity contribution in [2.45, 2.75) is 19.4 Å². The molecule has 2 atom stereocenters. The van der Waals surface area contributed by atoms with Gasteiger partial charge in [-0.3, -0.25) is 9.99 Å². The highest BCUT2D eigenvalue weighted by molar-refractivity contribution is 5.41. The van der Waals surface area contributed by atoms with Crippen molar-refractivity contribution in [3.8, 4) is 5.95 Å². The molecule has 0 saturated carbocycles. The molecular weight excluding hydrogens is 272 g/mol. The summed E-state index contributed by atoms with van der Waals surface area (Å²) in [5, 5.41) is 9.58. The third kappa shape index (κ3) is 2.52. The van der Waals surface area contributed by atoms with Crippen molar-refractivity contribution in [3.63, 3.8) is 0 Å². The number of imidazole rings is 1. The van der Waals surface area contributed by atoms with Gasteiger partial charge in [0.2, 0.25) is 17.8 Å². The molecule has 0 amide bonds. The Bertz CT molecular complexity index is 601. The van der Waals surface area contributed by atoms with Crippen molar-refractivity contribution in [2.24, 2.45) is 11.8 Å². The lowest BCUT2D eigenvalue weighted by Crippen LogP contribution is -2.36. The molecule has 3 heterocycles. The minimum Gasteiger partial charge on any atom is -0.394 e. The van der Waals surface area contributed by atoms with E-state index in [1.165, 1.54) is 0 Å². The number of nitrogens with two attached hydrogens (primary N) is 1. The van der Waals surface area contributed by atoms with Gasteiger partial charge >= 0.3 is 0 Å². The quantitative estimate of drug-likeness (QED) is 0.512. The first-order valence-corrected chi connectivity index (χ1v) is 6.81. The molecule has 2 aromatic heterocycles. The van der Waals surface area contributed by atoms with Crippen LogP contribution in [0.15, 0.2) is 18.7 Å². The van der Waals surface area contributed by atoms with E-state index in [9.17, 15) is 5.11 Å². The molecule has 1 fully saturated rings. The van der Waals surface area contributed by atoms with Gasteiger partial charge in [-0.05, 0) is 12.3 Å². The minimum absolute atomic E-state index is 0.00802. The van der Waals surface area contributed by atoms with E-state index < -0.39 is 0 Å². The van der Waals surface area contributed by atoms with Gasteiger partial charge < -0.3 is 10.0 Å². The van der Waals surface area contributed by atoms with Crippen LogP contribution in [0.1, 0.15) is 13.3 Å². The predicted octanol–water partition coefficient (Wildman–Crippen LogP) is -0.450. The van der Waals surface area contributed by atoms with Gasteiger partial charge in [-0.2, -0.15) is 15.0 Å². The summed E-state index contributed by atoms with van der Waals surface area (Å²) in [6.07, 6.45) is 5.99. The molecule has 9 heteroatoms. The number of aliphatic hydroxyl groups excluding tert-OH is 1. The van der Waals surface area contributed by atoms with E-state index in [1.54, 1.807) is 23.3 Å². The Morgan fingerprint density at radius 3 is 2.86 bits per heavy atom. The van der Waals surface area contributed by atoms with Crippen molar-refractivity contribution < 1.29 is 5.11 Å². The van der Waals surface area contributed by atoms with Gasteiger partial charge in [0.25, 0.3) is 0 Å². The molecule has 1 aliphatic heterocycles. The van der Waals surface area contributed by atoms with Crippen LogP contribution in [0, 0.1) is 5.92 Å². The SMILES string of the molecule is CC1CCN(c2nc(NN)nc(-n3ccnc3)n2)C1CO. The summed E-state index contributed by atoms with van der Waals surface area (Å²) in [6.45, 7) is 2.98. The zero-order valence-corrected chi connectivity index (χ0v) is 11.7. The van der Waals surface area contributed by atoms with Crippen LogP contribution >= 0.6 is 0 Å². The van der Waals surface area contributed by atoms with E-state index in [1.807, 2.05) is 4.90 Å². The van der Waals surface area contributed by atoms with E-state index in [-0.39, 0.29) is 18.6 Å². The smallest absolute Gasteiger partial charge is 0.243 e. The van der Waals surface area contributed by atoms with Gasteiger partial charge in [-0.25, -0.2) is 10.8 Å². The minimum atomic E-state index is 0.00802.